The minimum Gasteiger partial charge on any atom is -0.306 e. The van der Waals surface area contributed by atoms with Crippen LogP contribution in [0.3, 0.4) is 0 Å². The van der Waals surface area contributed by atoms with Crippen molar-refractivity contribution in [1.29, 1.82) is 0 Å². The summed E-state index contributed by atoms with van der Waals surface area (Å²) in [6, 6.07) is 13.2. The van der Waals surface area contributed by atoms with Gasteiger partial charge < -0.3 is 5.32 Å². The second kappa shape index (κ2) is 6.87. The van der Waals surface area contributed by atoms with Crippen molar-refractivity contribution in [3.05, 3.63) is 70.0 Å². The molecule has 0 bridgehead atoms. The molecule has 1 unspecified atom stereocenters. The standard InChI is InChI=1S/C17H19ClFN/c1-3-12-7-5-8-13(11-12)17(20-4-2)14-9-6-10-15(18)16(14)19/h5-11,17,20H,3-4H2,1-2H3. The highest BCUT2D eigenvalue weighted by Gasteiger charge is 2.18. The molecule has 0 aliphatic rings. The van der Waals surface area contributed by atoms with Crippen LogP contribution in [0.15, 0.2) is 42.5 Å². The molecule has 0 aliphatic heterocycles. The van der Waals surface area contributed by atoms with Gasteiger partial charge in [-0.3, -0.25) is 0 Å². The number of hydrogen-bond acceptors (Lipinski definition) is 1. The van der Waals surface area contributed by atoms with Crippen LogP contribution >= 0.6 is 11.6 Å². The fourth-order valence-electron chi connectivity index (χ4n) is 2.35. The predicted octanol–water partition coefficient (Wildman–Crippen LogP) is 4.74. The molecule has 2 aromatic carbocycles. The van der Waals surface area contributed by atoms with Crippen LogP contribution in [0.5, 0.6) is 0 Å². The van der Waals surface area contributed by atoms with Crippen LogP contribution in [0.25, 0.3) is 0 Å². The first-order valence-electron chi connectivity index (χ1n) is 6.93. The molecule has 0 radical (unpaired) electrons. The van der Waals surface area contributed by atoms with Gasteiger partial charge in [-0.1, -0.05) is 61.8 Å². The van der Waals surface area contributed by atoms with E-state index in [1.807, 2.05) is 19.1 Å². The molecule has 1 nitrogen and oxygen atoms in total. The van der Waals surface area contributed by atoms with E-state index in [1.54, 1.807) is 18.2 Å². The topological polar surface area (TPSA) is 12.0 Å². The van der Waals surface area contributed by atoms with Crippen molar-refractivity contribution in [1.82, 2.24) is 5.32 Å². The van der Waals surface area contributed by atoms with Gasteiger partial charge in [-0.15, -0.1) is 0 Å². The van der Waals surface area contributed by atoms with E-state index in [-0.39, 0.29) is 16.9 Å². The molecular weight excluding hydrogens is 273 g/mol. The Labute approximate surface area is 124 Å². The first-order valence-corrected chi connectivity index (χ1v) is 7.31. The average molecular weight is 292 g/mol. The van der Waals surface area contributed by atoms with Crippen molar-refractivity contribution in [2.45, 2.75) is 26.3 Å². The average Bonchev–Trinajstić information content (AvgIpc) is 2.48. The van der Waals surface area contributed by atoms with Gasteiger partial charge in [-0.05, 0) is 30.2 Å². The maximum atomic E-state index is 14.3. The molecule has 2 aromatic rings. The van der Waals surface area contributed by atoms with Crippen molar-refractivity contribution in [3.63, 3.8) is 0 Å². The van der Waals surface area contributed by atoms with Gasteiger partial charge in [0, 0.05) is 5.56 Å². The summed E-state index contributed by atoms with van der Waals surface area (Å²) < 4.78 is 14.3. The highest BCUT2D eigenvalue weighted by atomic mass is 35.5. The first-order chi connectivity index (χ1) is 9.67. The van der Waals surface area contributed by atoms with Crippen molar-refractivity contribution >= 4 is 11.6 Å². The molecule has 0 fully saturated rings. The van der Waals surface area contributed by atoms with E-state index in [4.69, 9.17) is 11.6 Å². The lowest BCUT2D eigenvalue weighted by molar-refractivity contribution is 0.559. The summed E-state index contributed by atoms with van der Waals surface area (Å²) in [5.74, 6) is -0.345. The molecule has 0 aliphatic carbocycles. The fraction of sp³-hybridized carbons (Fsp3) is 0.294. The Morgan fingerprint density at radius 3 is 2.60 bits per heavy atom. The largest absolute Gasteiger partial charge is 0.306 e. The van der Waals surface area contributed by atoms with E-state index in [1.165, 1.54) is 5.56 Å². The lowest BCUT2D eigenvalue weighted by atomic mass is 9.96. The summed E-state index contributed by atoms with van der Waals surface area (Å²) in [5, 5.41) is 3.50. The van der Waals surface area contributed by atoms with Gasteiger partial charge >= 0.3 is 0 Å². The maximum Gasteiger partial charge on any atom is 0.146 e. The van der Waals surface area contributed by atoms with E-state index in [2.05, 4.69) is 24.4 Å². The Kier molecular flexibility index (Phi) is 5.16. The fourth-order valence-corrected chi connectivity index (χ4v) is 2.53. The minimum atomic E-state index is -0.345. The monoisotopic (exact) mass is 291 g/mol. The molecule has 2 rings (SSSR count). The number of hydrogen-bond donors (Lipinski definition) is 1. The molecule has 1 atom stereocenters. The van der Waals surface area contributed by atoms with E-state index in [0.29, 0.717) is 5.56 Å². The third kappa shape index (κ3) is 3.20. The number of rotatable bonds is 5. The number of nitrogens with one attached hydrogen (secondary N) is 1. The molecule has 0 heterocycles. The van der Waals surface area contributed by atoms with Gasteiger partial charge in [0.1, 0.15) is 5.82 Å². The molecule has 20 heavy (non-hydrogen) atoms. The number of halogens is 2. The SMILES string of the molecule is CCNC(c1cccc(CC)c1)c1cccc(Cl)c1F. The summed E-state index contributed by atoms with van der Waals surface area (Å²) in [6.45, 7) is 4.88. The van der Waals surface area contributed by atoms with E-state index in [0.717, 1.165) is 18.5 Å². The minimum absolute atomic E-state index is 0.164. The predicted molar refractivity (Wildman–Crippen MR) is 82.7 cm³/mol. The summed E-state index contributed by atoms with van der Waals surface area (Å²) in [4.78, 5) is 0. The molecule has 0 spiro atoms. The second-order valence-electron chi connectivity index (χ2n) is 4.73. The zero-order valence-electron chi connectivity index (χ0n) is 11.8. The van der Waals surface area contributed by atoms with Crippen LogP contribution in [0, 0.1) is 5.82 Å². The Hall–Kier alpha value is -1.38. The Balaban J connectivity index is 2.47. The van der Waals surface area contributed by atoms with Crippen molar-refractivity contribution in [2.75, 3.05) is 6.54 Å². The van der Waals surface area contributed by atoms with Crippen LogP contribution < -0.4 is 5.32 Å². The van der Waals surface area contributed by atoms with Crippen LogP contribution in [-0.2, 0) is 6.42 Å². The third-order valence-corrected chi connectivity index (χ3v) is 3.69. The molecule has 106 valence electrons. The van der Waals surface area contributed by atoms with Crippen LogP contribution in [0.2, 0.25) is 5.02 Å². The normalized spacial score (nSPS) is 12.4. The number of aryl methyl sites for hydroxylation is 1. The van der Waals surface area contributed by atoms with Gasteiger partial charge in [0.2, 0.25) is 0 Å². The van der Waals surface area contributed by atoms with Gasteiger partial charge in [-0.25, -0.2) is 4.39 Å². The molecule has 0 saturated carbocycles. The van der Waals surface area contributed by atoms with Gasteiger partial charge in [0.05, 0.1) is 11.1 Å². The quantitative estimate of drug-likeness (QED) is 0.839. The highest BCUT2D eigenvalue weighted by molar-refractivity contribution is 6.30. The molecule has 0 amide bonds. The Morgan fingerprint density at radius 2 is 1.90 bits per heavy atom. The van der Waals surface area contributed by atoms with Crippen LogP contribution in [0.4, 0.5) is 4.39 Å². The molecule has 1 N–H and O–H groups in total. The lowest BCUT2D eigenvalue weighted by Gasteiger charge is -2.20. The summed E-state index contributed by atoms with van der Waals surface area (Å²) in [6.07, 6.45) is 0.963. The van der Waals surface area contributed by atoms with E-state index in [9.17, 15) is 4.39 Å². The van der Waals surface area contributed by atoms with E-state index < -0.39 is 0 Å². The first kappa shape index (κ1) is 15.0. The van der Waals surface area contributed by atoms with Gasteiger partial charge in [0.25, 0.3) is 0 Å². The summed E-state index contributed by atoms with van der Waals surface area (Å²) in [5.41, 5.74) is 2.90. The summed E-state index contributed by atoms with van der Waals surface area (Å²) in [7, 11) is 0. The van der Waals surface area contributed by atoms with E-state index >= 15 is 0 Å². The zero-order chi connectivity index (χ0) is 14.5. The molecule has 0 saturated heterocycles. The van der Waals surface area contributed by atoms with Gasteiger partial charge in [0.15, 0.2) is 0 Å². The smallest absolute Gasteiger partial charge is 0.146 e. The van der Waals surface area contributed by atoms with Crippen molar-refractivity contribution < 1.29 is 4.39 Å². The molecule has 3 heteroatoms. The summed E-state index contributed by atoms with van der Waals surface area (Å²) >= 11 is 5.90. The second-order valence-corrected chi connectivity index (χ2v) is 5.14. The van der Waals surface area contributed by atoms with Crippen LogP contribution in [-0.4, -0.2) is 6.54 Å². The Morgan fingerprint density at radius 1 is 1.15 bits per heavy atom. The zero-order valence-corrected chi connectivity index (χ0v) is 12.5. The number of benzene rings is 2. The van der Waals surface area contributed by atoms with Crippen molar-refractivity contribution in [3.8, 4) is 0 Å². The van der Waals surface area contributed by atoms with Crippen LogP contribution in [0.1, 0.15) is 36.6 Å². The Bertz CT molecular complexity index is 583. The lowest BCUT2D eigenvalue weighted by Crippen LogP contribution is -2.23. The third-order valence-electron chi connectivity index (χ3n) is 3.39. The van der Waals surface area contributed by atoms with Gasteiger partial charge in [-0.2, -0.15) is 0 Å². The maximum absolute atomic E-state index is 14.3. The molecular formula is C17H19ClFN. The molecule has 0 aromatic heterocycles. The van der Waals surface area contributed by atoms with Crippen molar-refractivity contribution in [2.24, 2.45) is 0 Å². The highest BCUT2D eigenvalue weighted by Crippen LogP contribution is 2.28.